The molecule has 1 aliphatic carbocycles. The molecule has 2 aromatic carbocycles. The minimum atomic E-state index is -1.15. The minimum absolute atomic E-state index is 0.380. The molecule has 2 aromatic rings. The smallest absolute Gasteiger partial charge is 0.285 e. The van der Waals surface area contributed by atoms with Crippen molar-refractivity contribution >= 4 is 22.9 Å². The average molecular weight is 330 g/mol. The summed E-state index contributed by atoms with van der Waals surface area (Å²) in [6.45, 7) is 0. The number of hydrogen-bond donors (Lipinski definition) is 2. The van der Waals surface area contributed by atoms with Crippen molar-refractivity contribution in [3.05, 3.63) is 66.7 Å². The van der Waals surface area contributed by atoms with Crippen molar-refractivity contribution in [2.75, 3.05) is 0 Å². The third-order valence-corrected chi connectivity index (χ3v) is 3.62. The first-order valence-electron chi connectivity index (χ1n) is 6.35. The van der Waals surface area contributed by atoms with Gasteiger partial charge in [0.1, 0.15) is 11.1 Å². The van der Waals surface area contributed by atoms with E-state index in [9.17, 15) is 40.0 Å². The van der Waals surface area contributed by atoms with E-state index in [4.69, 9.17) is 0 Å². The lowest BCUT2D eigenvalue weighted by atomic mass is 9.81. The van der Waals surface area contributed by atoms with Gasteiger partial charge in [-0.2, -0.15) is 0 Å². The summed E-state index contributed by atoms with van der Waals surface area (Å²) in [5.74, 6) is -4.20. The van der Waals surface area contributed by atoms with Crippen molar-refractivity contribution < 1.29 is 29.6 Å². The zero-order valence-corrected chi connectivity index (χ0v) is 11.5. The maximum atomic E-state index is 12.6. The van der Waals surface area contributed by atoms with Gasteiger partial charge in [0.2, 0.25) is 11.6 Å². The number of nitro benzene ring substituents is 2. The van der Waals surface area contributed by atoms with E-state index in [1.54, 1.807) is 0 Å². The summed E-state index contributed by atoms with van der Waals surface area (Å²) in [6.07, 6.45) is 0. The van der Waals surface area contributed by atoms with Crippen LogP contribution in [0.5, 0.6) is 11.5 Å². The van der Waals surface area contributed by atoms with Crippen LogP contribution in [0.2, 0.25) is 0 Å². The molecule has 24 heavy (non-hydrogen) atoms. The fourth-order valence-corrected chi connectivity index (χ4v) is 2.62. The Morgan fingerprint density at radius 1 is 0.833 bits per heavy atom. The minimum Gasteiger partial charge on any atom is -0.504 e. The monoisotopic (exact) mass is 330 g/mol. The lowest BCUT2D eigenvalue weighted by Crippen LogP contribution is -2.23. The Morgan fingerprint density at radius 3 is 2.04 bits per heavy atom. The number of carbonyl (C=O) groups excluding carboxylic acids is 2. The first kappa shape index (κ1) is 15.1. The van der Waals surface area contributed by atoms with Gasteiger partial charge in [-0.25, -0.2) is 0 Å². The predicted octanol–water partition coefficient (Wildman–Crippen LogP) is 1.69. The number of fused-ring (bicyclic) bond motifs is 2. The molecule has 0 atom stereocenters. The van der Waals surface area contributed by atoms with Crippen molar-refractivity contribution in [3.8, 4) is 11.5 Å². The Balaban J connectivity index is 2.46. The van der Waals surface area contributed by atoms with E-state index in [1.165, 1.54) is 6.07 Å². The fourth-order valence-electron chi connectivity index (χ4n) is 2.62. The summed E-state index contributed by atoms with van der Waals surface area (Å²) in [6, 6.07) is 3.82. The lowest BCUT2D eigenvalue weighted by molar-refractivity contribution is -0.385. The van der Waals surface area contributed by atoms with Gasteiger partial charge in [0, 0.05) is 11.6 Å². The van der Waals surface area contributed by atoms with Crippen molar-refractivity contribution in [2.24, 2.45) is 0 Å². The normalized spacial score (nSPS) is 12.5. The van der Waals surface area contributed by atoms with E-state index in [2.05, 4.69) is 0 Å². The molecule has 0 unspecified atom stereocenters. The predicted molar refractivity (Wildman–Crippen MR) is 76.4 cm³/mol. The molecule has 3 rings (SSSR count). The van der Waals surface area contributed by atoms with Crippen LogP contribution in [-0.2, 0) is 0 Å². The third kappa shape index (κ3) is 1.83. The Hall–Kier alpha value is -3.82. The largest absolute Gasteiger partial charge is 0.504 e. The number of nitrogens with zero attached hydrogens (tertiary/aromatic N) is 2. The molecule has 0 heterocycles. The second kappa shape index (κ2) is 4.84. The number of nitro groups is 2. The van der Waals surface area contributed by atoms with Gasteiger partial charge in [-0.3, -0.25) is 29.8 Å². The molecule has 0 saturated carbocycles. The zero-order valence-electron chi connectivity index (χ0n) is 11.5. The van der Waals surface area contributed by atoms with Crippen LogP contribution in [0.1, 0.15) is 31.8 Å². The van der Waals surface area contributed by atoms with E-state index < -0.39 is 61.0 Å². The molecule has 0 radical (unpaired) electrons. The number of phenols is 2. The highest BCUT2D eigenvalue weighted by molar-refractivity contribution is 6.32. The summed E-state index contributed by atoms with van der Waals surface area (Å²) >= 11 is 0. The molecule has 2 N–H and O–H groups in total. The van der Waals surface area contributed by atoms with Gasteiger partial charge in [0.15, 0.2) is 11.5 Å². The Kier molecular flexibility index (Phi) is 3.04. The van der Waals surface area contributed by atoms with E-state index in [-0.39, 0.29) is 5.56 Å². The standard InChI is InChI=1S/C14H6N2O8/c17-8-4-7(16(23)24)10-11(13(8)19)14(20)9-5(12(10)18)2-1-3-6(9)15(21)22/h1-4,17,19H. The first-order valence-corrected chi connectivity index (χ1v) is 6.35. The second-order valence-corrected chi connectivity index (χ2v) is 4.89. The van der Waals surface area contributed by atoms with Crippen LogP contribution >= 0.6 is 0 Å². The van der Waals surface area contributed by atoms with Crippen LogP contribution in [0.4, 0.5) is 11.4 Å². The number of carbonyl (C=O) groups is 2. The van der Waals surface area contributed by atoms with Crippen molar-refractivity contribution in [1.29, 1.82) is 0 Å². The van der Waals surface area contributed by atoms with Crippen LogP contribution in [0.3, 0.4) is 0 Å². The van der Waals surface area contributed by atoms with Gasteiger partial charge in [-0.1, -0.05) is 6.07 Å². The number of benzene rings is 2. The fraction of sp³-hybridized carbons (Fsp3) is 0. The summed E-state index contributed by atoms with van der Waals surface area (Å²) in [7, 11) is 0. The summed E-state index contributed by atoms with van der Waals surface area (Å²) in [5.41, 5.74) is -4.07. The number of aromatic hydroxyl groups is 2. The van der Waals surface area contributed by atoms with Gasteiger partial charge in [0.25, 0.3) is 11.4 Å². The van der Waals surface area contributed by atoms with Gasteiger partial charge in [-0.05, 0) is 6.07 Å². The molecule has 10 heteroatoms. The SMILES string of the molecule is O=C1c2cccc([N+](=O)[O-])c2C(=O)c2c(O)c(O)cc([N+](=O)[O-])c21. The highest BCUT2D eigenvalue weighted by Gasteiger charge is 2.42. The molecule has 0 fully saturated rings. The maximum Gasteiger partial charge on any atom is 0.285 e. The molecule has 0 aromatic heterocycles. The zero-order chi connectivity index (χ0) is 17.8. The Morgan fingerprint density at radius 2 is 1.46 bits per heavy atom. The average Bonchev–Trinajstić information content (AvgIpc) is 2.53. The molecular weight excluding hydrogens is 324 g/mol. The Labute approximate surface area is 131 Å². The van der Waals surface area contributed by atoms with Crippen molar-refractivity contribution in [2.45, 2.75) is 0 Å². The van der Waals surface area contributed by atoms with Crippen molar-refractivity contribution in [1.82, 2.24) is 0 Å². The van der Waals surface area contributed by atoms with Crippen molar-refractivity contribution in [3.63, 3.8) is 0 Å². The number of rotatable bonds is 2. The summed E-state index contributed by atoms with van der Waals surface area (Å²) in [4.78, 5) is 45.4. The topological polar surface area (TPSA) is 161 Å². The quantitative estimate of drug-likeness (QED) is 0.407. The number of phenolic OH excluding ortho intramolecular Hbond substituents is 2. The van der Waals surface area contributed by atoms with Crippen LogP contribution in [0.15, 0.2) is 24.3 Å². The second-order valence-electron chi connectivity index (χ2n) is 4.89. The molecular formula is C14H6N2O8. The van der Waals surface area contributed by atoms with Gasteiger partial charge in [0.05, 0.1) is 21.5 Å². The molecule has 0 aliphatic heterocycles. The number of hydrogen-bond acceptors (Lipinski definition) is 8. The van der Waals surface area contributed by atoms with Crippen LogP contribution in [0.25, 0.3) is 0 Å². The van der Waals surface area contributed by atoms with Crippen LogP contribution in [0, 0.1) is 20.2 Å². The molecule has 0 amide bonds. The molecule has 1 aliphatic rings. The molecule has 0 bridgehead atoms. The lowest BCUT2D eigenvalue weighted by Gasteiger charge is -2.18. The summed E-state index contributed by atoms with van der Waals surface area (Å²) < 4.78 is 0. The third-order valence-electron chi connectivity index (χ3n) is 3.62. The van der Waals surface area contributed by atoms with Gasteiger partial charge >= 0.3 is 0 Å². The molecule has 120 valence electrons. The number of ketones is 2. The van der Waals surface area contributed by atoms with E-state index in [0.29, 0.717) is 6.07 Å². The Bertz CT molecular complexity index is 979. The molecule has 0 spiro atoms. The van der Waals surface area contributed by atoms with E-state index in [1.807, 2.05) is 0 Å². The van der Waals surface area contributed by atoms with Gasteiger partial charge in [-0.15, -0.1) is 0 Å². The highest BCUT2D eigenvalue weighted by Crippen LogP contribution is 2.44. The van der Waals surface area contributed by atoms with E-state index in [0.717, 1.165) is 12.1 Å². The summed E-state index contributed by atoms with van der Waals surface area (Å²) in [5, 5.41) is 41.7. The van der Waals surface area contributed by atoms with Gasteiger partial charge < -0.3 is 10.2 Å². The molecule has 0 saturated heterocycles. The molecule has 10 nitrogen and oxygen atoms in total. The van der Waals surface area contributed by atoms with E-state index >= 15 is 0 Å². The highest BCUT2D eigenvalue weighted by atomic mass is 16.6. The van der Waals surface area contributed by atoms with Crippen LogP contribution in [-0.4, -0.2) is 31.6 Å². The first-order chi connectivity index (χ1) is 11.3. The maximum absolute atomic E-state index is 12.6. The van der Waals surface area contributed by atoms with Crippen LogP contribution < -0.4 is 0 Å².